The molecule has 0 radical (unpaired) electrons. The molecule has 0 aromatic rings. The minimum absolute atomic E-state index is 0.0196. The zero-order chi connectivity index (χ0) is 12.7. The van der Waals surface area contributed by atoms with Gasteiger partial charge in [0.05, 0.1) is 19.3 Å². The molecule has 0 saturated carbocycles. The molecule has 0 bridgehead atoms. The zero-order valence-corrected chi connectivity index (χ0v) is 9.88. The summed E-state index contributed by atoms with van der Waals surface area (Å²) >= 11 is 0. The summed E-state index contributed by atoms with van der Waals surface area (Å²) in [6, 6.07) is 0. The van der Waals surface area contributed by atoms with Gasteiger partial charge in [0.2, 0.25) is 0 Å². The molecule has 1 heterocycles. The van der Waals surface area contributed by atoms with Gasteiger partial charge in [-0.25, -0.2) is 0 Å². The first-order chi connectivity index (χ1) is 8.01. The lowest BCUT2D eigenvalue weighted by Crippen LogP contribution is -2.38. The Morgan fingerprint density at radius 3 is 2.41 bits per heavy atom. The second-order valence-corrected chi connectivity index (χ2v) is 4.35. The lowest BCUT2D eigenvalue weighted by Gasteiger charge is -2.31. The van der Waals surface area contributed by atoms with E-state index in [1.54, 1.807) is 0 Å². The van der Waals surface area contributed by atoms with Crippen molar-refractivity contribution in [2.75, 3.05) is 32.8 Å². The fourth-order valence-electron chi connectivity index (χ4n) is 2.02. The Morgan fingerprint density at radius 2 is 1.88 bits per heavy atom. The Bertz CT molecular complexity index is 203. The molecule has 1 aliphatic heterocycles. The van der Waals surface area contributed by atoms with Crippen LogP contribution in [0.4, 0.5) is 13.2 Å². The van der Waals surface area contributed by atoms with Crippen molar-refractivity contribution >= 4 is 0 Å². The van der Waals surface area contributed by atoms with Crippen molar-refractivity contribution in [2.45, 2.75) is 38.0 Å². The number of ether oxygens (including phenoxy) is 1. The van der Waals surface area contributed by atoms with Crippen molar-refractivity contribution in [3.63, 3.8) is 0 Å². The summed E-state index contributed by atoms with van der Waals surface area (Å²) in [6.07, 6.45) is -2.73. The number of rotatable bonds is 6. The smallest absolute Gasteiger partial charge is 0.389 e. The van der Waals surface area contributed by atoms with Crippen LogP contribution < -0.4 is 0 Å². The first kappa shape index (κ1) is 14.7. The molecule has 0 spiro atoms. The Hall–Kier alpha value is -0.330. The molecule has 0 unspecified atom stereocenters. The van der Waals surface area contributed by atoms with Crippen molar-refractivity contribution < 1.29 is 23.0 Å². The van der Waals surface area contributed by atoms with E-state index in [2.05, 4.69) is 0 Å². The summed E-state index contributed by atoms with van der Waals surface area (Å²) in [7, 11) is 0. The minimum atomic E-state index is -4.04. The molecule has 6 heteroatoms. The number of likely N-dealkylation sites (tertiary alicyclic amines) is 1. The zero-order valence-electron chi connectivity index (χ0n) is 9.88. The number of aliphatic hydroxyl groups excluding tert-OH is 1. The number of hydrogen-bond acceptors (Lipinski definition) is 3. The van der Waals surface area contributed by atoms with Gasteiger partial charge in [-0.1, -0.05) is 0 Å². The third-order valence-corrected chi connectivity index (χ3v) is 2.91. The third kappa shape index (κ3) is 6.85. The quantitative estimate of drug-likeness (QED) is 0.785. The number of hydrogen-bond donors (Lipinski definition) is 1. The van der Waals surface area contributed by atoms with Gasteiger partial charge >= 0.3 is 6.18 Å². The average Bonchev–Trinajstić information content (AvgIpc) is 2.26. The van der Waals surface area contributed by atoms with E-state index in [1.165, 1.54) is 0 Å². The van der Waals surface area contributed by atoms with E-state index in [0.717, 1.165) is 25.9 Å². The molecule has 1 aliphatic rings. The third-order valence-electron chi connectivity index (χ3n) is 2.91. The minimum Gasteiger partial charge on any atom is -0.394 e. The predicted molar refractivity (Wildman–Crippen MR) is 57.8 cm³/mol. The molecule has 102 valence electrons. The number of nitrogens with zero attached hydrogens (tertiary/aromatic N) is 1. The van der Waals surface area contributed by atoms with E-state index in [-0.39, 0.29) is 19.1 Å². The molecule has 1 fully saturated rings. The maximum Gasteiger partial charge on any atom is 0.389 e. The van der Waals surface area contributed by atoms with Gasteiger partial charge in [-0.2, -0.15) is 13.2 Å². The van der Waals surface area contributed by atoms with Gasteiger partial charge in [0.25, 0.3) is 0 Å². The van der Waals surface area contributed by atoms with Crippen LogP contribution in [0.3, 0.4) is 0 Å². The summed E-state index contributed by atoms with van der Waals surface area (Å²) in [5.41, 5.74) is 0. The summed E-state index contributed by atoms with van der Waals surface area (Å²) in [5, 5.41) is 8.60. The van der Waals surface area contributed by atoms with Crippen molar-refractivity contribution in [2.24, 2.45) is 0 Å². The van der Waals surface area contributed by atoms with Crippen molar-refractivity contribution in [3.05, 3.63) is 0 Å². The second kappa shape index (κ2) is 7.18. The van der Waals surface area contributed by atoms with E-state index in [0.29, 0.717) is 13.2 Å². The highest BCUT2D eigenvalue weighted by molar-refractivity contribution is 4.72. The summed E-state index contributed by atoms with van der Waals surface area (Å²) in [5.74, 6) is 0. The molecule has 17 heavy (non-hydrogen) atoms. The van der Waals surface area contributed by atoms with Crippen LogP contribution in [-0.2, 0) is 4.74 Å². The fraction of sp³-hybridized carbons (Fsp3) is 1.00. The highest BCUT2D eigenvalue weighted by Gasteiger charge is 2.27. The Morgan fingerprint density at radius 1 is 1.24 bits per heavy atom. The molecule has 1 N–H and O–H groups in total. The van der Waals surface area contributed by atoms with Crippen LogP contribution in [0.2, 0.25) is 0 Å². The number of halogens is 3. The highest BCUT2D eigenvalue weighted by Crippen LogP contribution is 2.22. The molecule has 1 saturated heterocycles. The van der Waals surface area contributed by atoms with E-state index in [9.17, 15) is 13.2 Å². The first-order valence-electron chi connectivity index (χ1n) is 6.03. The SMILES string of the molecule is OCCOC1CCN(CCCC(F)(F)F)CC1. The number of alkyl halides is 3. The van der Waals surface area contributed by atoms with E-state index in [1.807, 2.05) is 4.90 Å². The Kier molecular flexibility index (Phi) is 6.22. The summed E-state index contributed by atoms with van der Waals surface area (Å²) in [4.78, 5) is 2.05. The summed E-state index contributed by atoms with van der Waals surface area (Å²) in [6.45, 7) is 2.44. The molecule has 1 rings (SSSR count). The van der Waals surface area contributed by atoms with Crippen LogP contribution >= 0.6 is 0 Å². The largest absolute Gasteiger partial charge is 0.394 e. The Labute approximate surface area is 99.5 Å². The predicted octanol–water partition coefficient (Wildman–Crippen LogP) is 1.80. The number of aliphatic hydroxyl groups is 1. The molecule has 3 nitrogen and oxygen atoms in total. The van der Waals surface area contributed by atoms with Crippen LogP contribution in [-0.4, -0.2) is 55.1 Å². The van der Waals surface area contributed by atoms with Gasteiger partial charge in [-0.3, -0.25) is 0 Å². The first-order valence-corrected chi connectivity index (χ1v) is 6.03. The van der Waals surface area contributed by atoms with Gasteiger partial charge in [0, 0.05) is 19.5 Å². The molecule has 0 aromatic heterocycles. The van der Waals surface area contributed by atoms with Gasteiger partial charge in [0.1, 0.15) is 0 Å². The fourth-order valence-corrected chi connectivity index (χ4v) is 2.02. The monoisotopic (exact) mass is 255 g/mol. The van der Waals surface area contributed by atoms with Crippen molar-refractivity contribution in [3.8, 4) is 0 Å². The molecule has 0 aliphatic carbocycles. The van der Waals surface area contributed by atoms with Gasteiger partial charge in [-0.05, 0) is 25.8 Å². The number of piperidine rings is 1. The second-order valence-electron chi connectivity index (χ2n) is 4.35. The maximum absolute atomic E-state index is 11.9. The Balaban J connectivity index is 2.07. The maximum atomic E-state index is 11.9. The molecule has 0 atom stereocenters. The van der Waals surface area contributed by atoms with E-state index < -0.39 is 12.6 Å². The molecule has 0 amide bonds. The van der Waals surface area contributed by atoms with E-state index in [4.69, 9.17) is 9.84 Å². The average molecular weight is 255 g/mol. The normalized spacial score (nSPS) is 19.8. The topological polar surface area (TPSA) is 32.7 Å². The van der Waals surface area contributed by atoms with E-state index >= 15 is 0 Å². The molecule has 0 aromatic carbocycles. The van der Waals surface area contributed by atoms with Gasteiger partial charge in [0.15, 0.2) is 0 Å². The van der Waals surface area contributed by atoms with Crippen LogP contribution in [0.25, 0.3) is 0 Å². The summed E-state index contributed by atoms with van der Waals surface area (Å²) < 4.78 is 41.2. The van der Waals surface area contributed by atoms with Crippen LogP contribution in [0.1, 0.15) is 25.7 Å². The van der Waals surface area contributed by atoms with Crippen LogP contribution in [0.15, 0.2) is 0 Å². The van der Waals surface area contributed by atoms with Gasteiger partial charge in [-0.15, -0.1) is 0 Å². The van der Waals surface area contributed by atoms with Crippen LogP contribution in [0, 0.1) is 0 Å². The molecular formula is C11H20F3NO2. The van der Waals surface area contributed by atoms with Crippen molar-refractivity contribution in [1.82, 2.24) is 4.90 Å². The highest BCUT2D eigenvalue weighted by atomic mass is 19.4. The lowest BCUT2D eigenvalue weighted by molar-refractivity contribution is -0.136. The standard InChI is InChI=1S/C11H20F3NO2/c12-11(13,14)4-1-5-15-6-2-10(3-7-15)17-9-8-16/h10,16H,1-9H2. The van der Waals surface area contributed by atoms with Crippen LogP contribution in [0.5, 0.6) is 0 Å². The van der Waals surface area contributed by atoms with Crippen molar-refractivity contribution in [1.29, 1.82) is 0 Å². The molecular weight excluding hydrogens is 235 g/mol. The van der Waals surface area contributed by atoms with Gasteiger partial charge < -0.3 is 14.7 Å². The lowest BCUT2D eigenvalue weighted by atomic mass is 10.1.